The number of ether oxygens (including phenoxy) is 1. The van der Waals surface area contributed by atoms with Gasteiger partial charge in [-0.15, -0.1) is 0 Å². The first-order chi connectivity index (χ1) is 8.84. The minimum absolute atomic E-state index is 0.628. The van der Waals surface area contributed by atoms with Crippen molar-refractivity contribution >= 4 is 21.7 Å². The summed E-state index contributed by atoms with van der Waals surface area (Å²) in [7, 11) is 0. The van der Waals surface area contributed by atoms with Gasteiger partial charge in [-0.25, -0.2) is 9.97 Å². The van der Waals surface area contributed by atoms with Crippen molar-refractivity contribution < 1.29 is 4.74 Å². The van der Waals surface area contributed by atoms with E-state index in [1.54, 1.807) is 6.33 Å². The lowest BCUT2D eigenvalue weighted by Crippen LogP contribution is -2.30. The molecule has 5 nitrogen and oxygen atoms in total. The van der Waals surface area contributed by atoms with Crippen molar-refractivity contribution in [1.29, 1.82) is 0 Å². The third kappa shape index (κ3) is 2.30. The van der Waals surface area contributed by atoms with Gasteiger partial charge in [0.05, 0.1) is 17.7 Å². The van der Waals surface area contributed by atoms with Gasteiger partial charge in [0, 0.05) is 0 Å². The minimum Gasteiger partial charge on any atom is -0.477 e. The molecule has 0 unspecified atom stereocenters. The van der Waals surface area contributed by atoms with Crippen LogP contribution in [-0.4, -0.2) is 34.0 Å². The van der Waals surface area contributed by atoms with Crippen LogP contribution in [0.2, 0.25) is 0 Å². The summed E-state index contributed by atoms with van der Waals surface area (Å²) >= 11 is 1.40. The Kier molecular flexibility index (Phi) is 3.38. The quantitative estimate of drug-likeness (QED) is 0.915. The van der Waals surface area contributed by atoms with Crippen molar-refractivity contribution in [2.24, 2.45) is 5.92 Å². The van der Waals surface area contributed by atoms with E-state index in [-0.39, 0.29) is 0 Å². The summed E-state index contributed by atoms with van der Waals surface area (Å²) in [4.78, 5) is 9.36. The van der Waals surface area contributed by atoms with Crippen LogP contribution in [-0.2, 0) is 0 Å². The fraction of sp³-hybridized carbons (Fsp3) is 0.583. The van der Waals surface area contributed by atoms with Crippen LogP contribution in [0.3, 0.4) is 0 Å². The Morgan fingerprint density at radius 1 is 1.39 bits per heavy atom. The molecule has 18 heavy (non-hydrogen) atoms. The molecule has 0 spiro atoms. The molecule has 1 fully saturated rings. The molecule has 1 saturated heterocycles. The van der Waals surface area contributed by atoms with Gasteiger partial charge in [-0.1, -0.05) is 0 Å². The molecule has 0 saturated carbocycles. The summed E-state index contributed by atoms with van der Waals surface area (Å²) in [5, 5.41) is 4.33. The number of nitrogens with one attached hydrogen (secondary N) is 1. The molecule has 3 heterocycles. The zero-order chi connectivity index (χ0) is 12.4. The number of hydrogen-bond donors (Lipinski definition) is 1. The number of aromatic nitrogens is 3. The molecule has 0 atom stereocenters. The molecule has 6 heteroatoms. The molecule has 2 aromatic heterocycles. The first-order valence-electron chi connectivity index (χ1n) is 6.25. The smallest absolute Gasteiger partial charge is 0.227 e. The molecule has 0 aliphatic carbocycles. The number of fused-ring (bicyclic) bond motifs is 1. The van der Waals surface area contributed by atoms with Gasteiger partial charge in [-0.05, 0) is 50.3 Å². The van der Waals surface area contributed by atoms with Gasteiger partial charge >= 0.3 is 0 Å². The Labute approximate surface area is 110 Å². The first-order valence-corrected chi connectivity index (χ1v) is 7.02. The molecule has 0 radical (unpaired) electrons. The molecular weight excluding hydrogens is 248 g/mol. The van der Waals surface area contributed by atoms with E-state index in [1.165, 1.54) is 24.4 Å². The third-order valence-corrected chi connectivity index (χ3v) is 4.17. The lowest BCUT2D eigenvalue weighted by atomic mass is 9.99. The van der Waals surface area contributed by atoms with Gasteiger partial charge in [-0.3, -0.25) is 0 Å². The predicted molar refractivity (Wildman–Crippen MR) is 71.0 cm³/mol. The zero-order valence-corrected chi connectivity index (χ0v) is 11.2. The lowest BCUT2D eigenvalue weighted by molar-refractivity contribution is 0.211. The summed E-state index contributed by atoms with van der Waals surface area (Å²) in [5.74, 6) is 1.31. The van der Waals surface area contributed by atoms with E-state index in [0.717, 1.165) is 35.6 Å². The van der Waals surface area contributed by atoms with Crippen molar-refractivity contribution in [3.05, 3.63) is 12.0 Å². The average molecular weight is 264 g/mol. The van der Waals surface area contributed by atoms with Gasteiger partial charge in [0.1, 0.15) is 6.33 Å². The number of rotatable bonds is 3. The number of nitrogens with zero attached hydrogens (tertiary/aromatic N) is 3. The zero-order valence-electron chi connectivity index (χ0n) is 10.3. The second kappa shape index (κ2) is 5.16. The van der Waals surface area contributed by atoms with Crippen LogP contribution in [0.25, 0.3) is 10.2 Å². The Bertz CT molecular complexity index is 536. The van der Waals surface area contributed by atoms with E-state index in [1.807, 2.05) is 6.92 Å². The maximum atomic E-state index is 5.89. The fourth-order valence-corrected chi connectivity index (χ4v) is 2.98. The number of hydrogen-bond acceptors (Lipinski definition) is 6. The maximum Gasteiger partial charge on any atom is 0.227 e. The molecule has 3 rings (SSSR count). The van der Waals surface area contributed by atoms with Crippen molar-refractivity contribution in [2.75, 3.05) is 19.7 Å². The molecule has 1 aliphatic rings. The van der Waals surface area contributed by atoms with Crippen LogP contribution in [0.1, 0.15) is 18.5 Å². The lowest BCUT2D eigenvalue weighted by Gasteiger charge is -2.22. The molecule has 1 N–H and O–H groups in total. The predicted octanol–water partition coefficient (Wildman–Crippen LogP) is 1.77. The highest BCUT2D eigenvalue weighted by Gasteiger charge is 2.16. The van der Waals surface area contributed by atoms with Gasteiger partial charge in [0.25, 0.3) is 0 Å². The van der Waals surface area contributed by atoms with E-state index in [2.05, 4.69) is 19.7 Å². The second-order valence-corrected chi connectivity index (χ2v) is 5.38. The van der Waals surface area contributed by atoms with Crippen LogP contribution in [0.5, 0.6) is 5.88 Å². The summed E-state index contributed by atoms with van der Waals surface area (Å²) in [6.45, 7) is 4.89. The van der Waals surface area contributed by atoms with Gasteiger partial charge in [-0.2, -0.15) is 4.37 Å². The van der Waals surface area contributed by atoms with Crippen LogP contribution in [0.4, 0.5) is 0 Å². The minimum atomic E-state index is 0.628. The number of piperidine rings is 1. The van der Waals surface area contributed by atoms with Crippen molar-refractivity contribution in [3.8, 4) is 5.88 Å². The van der Waals surface area contributed by atoms with Gasteiger partial charge in [0.15, 0.2) is 4.83 Å². The molecule has 2 aromatic rings. The second-order valence-electron chi connectivity index (χ2n) is 4.63. The van der Waals surface area contributed by atoms with Crippen LogP contribution in [0.15, 0.2) is 6.33 Å². The summed E-state index contributed by atoms with van der Waals surface area (Å²) in [6.07, 6.45) is 3.90. The van der Waals surface area contributed by atoms with Gasteiger partial charge in [0.2, 0.25) is 5.88 Å². The SMILES string of the molecule is Cc1nsc2ncnc(OCC3CCNCC3)c12. The van der Waals surface area contributed by atoms with Crippen molar-refractivity contribution in [1.82, 2.24) is 19.7 Å². The highest BCUT2D eigenvalue weighted by molar-refractivity contribution is 7.13. The summed E-state index contributed by atoms with van der Waals surface area (Å²) in [6, 6.07) is 0. The van der Waals surface area contributed by atoms with E-state index < -0.39 is 0 Å². The van der Waals surface area contributed by atoms with E-state index in [9.17, 15) is 0 Å². The standard InChI is InChI=1S/C12H16N4OS/c1-8-10-11(14-7-15-12(10)18-16-8)17-6-9-2-4-13-5-3-9/h7,9,13H,2-6H2,1H3. The van der Waals surface area contributed by atoms with E-state index in [4.69, 9.17) is 4.74 Å². The third-order valence-electron chi connectivity index (χ3n) is 3.32. The maximum absolute atomic E-state index is 5.89. The topological polar surface area (TPSA) is 59.9 Å². The normalized spacial score (nSPS) is 17.2. The monoisotopic (exact) mass is 264 g/mol. The fourth-order valence-electron chi connectivity index (χ4n) is 2.24. The van der Waals surface area contributed by atoms with Crippen LogP contribution < -0.4 is 10.1 Å². The summed E-state index contributed by atoms with van der Waals surface area (Å²) in [5.41, 5.74) is 0.955. The highest BCUT2D eigenvalue weighted by atomic mass is 32.1. The summed E-state index contributed by atoms with van der Waals surface area (Å²) < 4.78 is 10.2. The molecule has 96 valence electrons. The van der Waals surface area contributed by atoms with Crippen LogP contribution in [0, 0.1) is 12.8 Å². The Hall–Kier alpha value is -1.27. The molecule has 0 amide bonds. The number of aryl methyl sites for hydroxylation is 1. The van der Waals surface area contributed by atoms with E-state index >= 15 is 0 Å². The average Bonchev–Trinajstić information content (AvgIpc) is 2.80. The Morgan fingerprint density at radius 2 is 2.22 bits per heavy atom. The van der Waals surface area contributed by atoms with E-state index in [0.29, 0.717) is 11.8 Å². The van der Waals surface area contributed by atoms with Crippen molar-refractivity contribution in [2.45, 2.75) is 19.8 Å². The molecular formula is C12H16N4OS. The first kappa shape index (κ1) is 11.8. The highest BCUT2D eigenvalue weighted by Crippen LogP contribution is 2.28. The molecule has 0 aromatic carbocycles. The Morgan fingerprint density at radius 3 is 3.06 bits per heavy atom. The molecule has 0 bridgehead atoms. The molecule has 1 aliphatic heterocycles. The van der Waals surface area contributed by atoms with Crippen LogP contribution >= 0.6 is 11.5 Å². The Balaban J connectivity index is 1.75. The van der Waals surface area contributed by atoms with Gasteiger partial charge < -0.3 is 10.1 Å². The largest absolute Gasteiger partial charge is 0.477 e. The van der Waals surface area contributed by atoms with Crippen molar-refractivity contribution in [3.63, 3.8) is 0 Å².